The number of carbonyl (C=O) groups excluding carboxylic acids is 1. The lowest BCUT2D eigenvalue weighted by Gasteiger charge is -2.22. The van der Waals surface area contributed by atoms with Gasteiger partial charge in [0.1, 0.15) is 11.5 Å². The van der Waals surface area contributed by atoms with E-state index in [0.717, 1.165) is 29.3 Å². The number of amides is 1. The van der Waals surface area contributed by atoms with Crippen molar-refractivity contribution in [3.63, 3.8) is 0 Å². The predicted octanol–water partition coefficient (Wildman–Crippen LogP) is 4.50. The largest absolute Gasteiger partial charge is 0.361 e. The van der Waals surface area contributed by atoms with Gasteiger partial charge in [-0.1, -0.05) is 18.2 Å². The molecule has 2 N–H and O–H groups in total. The molecule has 2 aromatic carbocycles. The highest BCUT2D eigenvalue weighted by Crippen LogP contribution is 2.31. The molecular weight excluding hydrogens is 355 g/mol. The van der Waals surface area contributed by atoms with E-state index in [1.807, 2.05) is 29.3 Å². The number of halogens is 1. The minimum absolute atomic E-state index is 0.105. The molecule has 2 aromatic heterocycles. The summed E-state index contributed by atoms with van der Waals surface area (Å²) in [4.78, 5) is 18.2. The first-order valence-electron chi connectivity index (χ1n) is 9.36. The fourth-order valence-corrected chi connectivity index (χ4v) is 3.54. The minimum Gasteiger partial charge on any atom is -0.361 e. The van der Waals surface area contributed by atoms with Gasteiger partial charge < -0.3 is 9.88 Å². The Morgan fingerprint density at radius 1 is 1.14 bits per heavy atom. The maximum Gasteiger partial charge on any atom is 0.272 e. The fourth-order valence-electron chi connectivity index (χ4n) is 3.54. The third kappa shape index (κ3) is 3.07. The third-order valence-electron chi connectivity index (χ3n) is 5.18. The van der Waals surface area contributed by atoms with Gasteiger partial charge >= 0.3 is 0 Å². The number of fused-ring (bicyclic) bond motifs is 1. The number of carbonyl (C=O) groups is 1. The maximum absolute atomic E-state index is 14.0. The quantitative estimate of drug-likeness (QED) is 0.540. The van der Waals surface area contributed by atoms with E-state index in [2.05, 4.69) is 21.2 Å². The van der Waals surface area contributed by atoms with Crippen LogP contribution in [0.3, 0.4) is 0 Å². The summed E-state index contributed by atoms with van der Waals surface area (Å²) < 4.78 is 14.0. The van der Waals surface area contributed by atoms with Crippen molar-refractivity contribution in [3.8, 4) is 11.3 Å². The second kappa shape index (κ2) is 6.64. The van der Waals surface area contributed by atoms with Crippen LogP contribution in [0.5, 0.6) is 0 Å². The minimum atomic E-state index is -0.355. The fraction of sp³-hybridized carbons (Fsp3) is 0.182. The van der Waals surface area contributed by atoms with Crippen molar-refractivity contribution in [2.24, 2.45) is 0 Å². The Morgan fingerprint density at radius 3 is 2.82 bits per heavy atom. The number of nitrogens with zero attached hydrogens (tertiary/aromatic N) is 2. The van der Waals surface area contributed by atoms with E-state index in [9.17, 15) is 9.18 Å². The van der Waals surface area contributed by atoms with Crippen LogP contribution in [0.15, 0.2) is 60.8 Å². The standard InChI is InChI=1S/C22H19FN4O/c23-18-4-2-1-3-17(18)20-12-21(26-25-20)22(28)27(16-6-7-16)13-14-5-8-19-15(11-14)9-10-24-19/h1-5,8-12,16,24H,6-7,13H2,(H,25,26). The molecule has 0 spiro atoms. The van der Waals surface area contributed by atoms with Crippen LogP contribution >= 0.6 is 0 Å². The second-order valence-corrected chi connectivity index (χ2v) is 7.21. The van der Waals surface area contributed by atoms with E-state index >= 15 is 0 Å². The van der Waals surface area contributed by atoms with Crippen LogP contribution in [0.2, 0.25) is 0 Å². The molecule has 1 aliphatic rings. The van der Waals surface area contributed by atoms with Gasteiger partial charge in [-0.3, -0.25) is 9.89 Å². The average Bonchev–Trinajstić information content (AvgIpc) is 3.24. The van der Waals surface area contributed by atoms with E-state index in [1.165, 1.54) is 6.07 Å². The molecule has 5 rings (SSSR count). The van der Waals surface area contributed by atoms with Crippen LogP contribution in [0.4, 0.5) is 4.39 Å². The Hall–Kier alpha value is -3.41. The maximum atomic E-state index is 14.0. The van der Waals surface area contributed by atoms with Gasteiger partial charge in [0.2, 0.25) is 0 Å². The molecule has 2 heterocycles. The van der Waals surface area contributed by atoms with Gasteiger partial charge in [0, 0.05) is 29.9 Å². The number of hydrogen-bond acceptors (Lipinski definition) is 2. The molecule has 0 unspecified atom stereocenters. The zero-order valence-corrected chi connectivity index (χ0v) is 15.2. The van der Waals surface area contributed by atoms with Crippen LogP contribution < -0.4 is 0 Å². The molecule has 28 heavy (non-hydrogen) atoms. The van der Waals surface area contributed by atoms with E-state index < -0.39 is 0 Å². The van der Waals surface area contributed by atoms with Crippen molar-refractivity contribution in [2.45, 2.75) is 25.4 Å². The Labute approximate surface area is 161 Å². The van der Waals surface area contributed by atoms with Crippen molar-refractivity contribution >= 4 is 16.8 Å². The van der Waals surface area contributed by atoms with Crippen LogP contribution in [0.25, 0.3) is 22.2 Å². The molecule has 1 aliphatic carbocycles. The van der Waals surface area contributed by atoms with Crippen molar-refractivity contribution in [2.75, 3.05) is 0 Å². The van der Waals surface area contributed by atoms with Crippen molar-refractivity contribution in [3.05, 3.63) is 77.9 Å². The first kappa shape index (κ1) is 16.7. The van der Waals surface area contributed by atoms with Crippen LogP contribution in [-0.2, 0) is 6.54 Å². The Kier molecular flexibility index (Phi) is 3.97. The van der Waals surface area contributed by atoms with Crippen molar-refractivity contribution < 1.29 is 9.18 Å². The van der Waals surface area contributed by atoms with Gasteiger partial charge in [-0.2, -0.15) is 5.10 Å². The average molecular weight is 374 g/mol. The molecule has 1 saturated carbocycles. The summed E-state index contributed by atoms with van der Waals surface area (Å²) >= 11 is 0. The number of nitrogens with one attached hydrogen (secondary N) is 2. The Morgan fingerprint density at radius 2 is 2.00 bits per heavy atom. The molecule has 0 saturated heterocycles. The van der Waals surface area contributed by atoms with Gasteiger partial charge in [0.25, 0.3) is 5.91 Å². The van der Waals surface area contributed by atoms with E-state index in [4.69, 9.17) is 0 Å². The van der Waals surface area contributed by atoms with E-state index in [1.54, 1.807) is 24.3 Å². The van der Waals surface area contributed by atoms with E-state index in [0.29, 0.717) is 23.5 Å². The van der Waals surface area contributed by atoms with Gasteiger partial charge in [0.05, 0.1) is 5.69 Å². The normalized spacial score (nSPS) is 13.8. The summed E-state index contributed by atoms with van der Waals surface area (Å²) in [6.45, 7) is 0.540. The summed E-state index contributed by atoms with van der Waals surface area (Å²) in [7, 11) is 0. The molecule has 0 atom stereocenters. The van der Waals surface area contributed by atoms with Gasteiger partial charge in [0.15, 0.2) is 0 Å². The molecule has 1 fully saturated rings. The summed E-state index contributed by atoms with van der Waals surface area (Å²) in [5.74, 6) is -0.460. The van der Waals surface area contributed by atoms with Crippen LogP contribution in [0.1, 0.15) is 28.9 Å². The monoisotopic (exact) mass is 374 g/mol. The number of aromatic amines is 2. The molecule has 5 nitrogen and oxygen atoms in total. The number of hydrogen-bond donors (Lipinski definition) is 2. The number of H-pyrrole nitrogens is 2. The summed E-state index contributed by atoms with van der Waals surface area (Å²) in [6, 6.07) is 16.5. The highest BCUT2D eigenvalue weighted by molar-refractivity contribution is 5.94. The third-order valence-corrected chi connectivity index (χ3v) is 5.18. The second-order valence-electron chi connectivity index (χ2n) is 7.21. The molecule has 0 radical (unpaired) electrons. The summed E-state index contributed by atoms with van der Waals surface area (Å²) in [6.07, 6.45) is 3.92. The number of aromatic nitrogens is 3. The molecule has 0 bridgehead atoms. The Balaban J connectivity index is 1.41. The lowest BCUT2D eigenvalue weighted by atomic mass is 10.1. The van der Waals surface area contributed by atoms with Gasteiger partial charge in [-0.15, -0.1) is 0 Å². The van der Waals surface area contributed by atoms with Crippen molar-refractivity contribution in [1.29, 1.82) is 0 Å². The van der Waals surface area contributed by atoms with Gasteiger partial charge in [-0.25, -0.2) is 4.39 Å². The lowest BCUT2D eigenvalue weighted by Crippen LogP contribution is -2.32. The molecule has 1 amide bonds. The highest BCUT2D eigenvalue weighted by atomic mass is 19.1. The molecular formula is C22H19FN4O. The zero-order valence-electron chi connectivity index (χ0n) is 15.2. The number of benzene rings is 2. The van der Waals surface area contributed by atoms with E-state index in [-0.39, 0.29) is 17.8 Å². The molecule has 140 valence electrons. The van der Waals surface area contributed by atoms with Crippen molar-refractivity contribution in [1.82, 2.24) is 20.1 Å². The summed E-state index contributed by atoms with van der Waals surface area (Å²) in [5, 5.41) is 8.08. The highest BCUT2D eigenvalue weighted by Gasteiger charge is 2.34. The molecule has 6 heteroatoms. The van der Waals surface area contributed by atoms with Crippen LogP contribution in [0, 0.1) is 5.82 Å². The lowest BCUT2D eigenvalue weighted by molar-refractivity contribution is 0.0724. The number of rotatable bonds is 5. The Bertz CT molecular complexity index is 1160. The predicted molar refractivity (Wildman–Crippen MR) is 105 cm³/mol. The smallest absolute Gasteiger partial charge is 0.272 e. The molecule has 0 aliphatic heterocycles. The van der Waals surface area contributed by atoms with Crippen LogP contribution in [-0.4, -0.2) is 32.0 Å². The molecule has 4 aromatic rings. The first-order valence-corrected chi connectivity index (χ1v) is 9.36. The topological polar surface area (TPSA) is 64.8 Å². The SMILES string of the molecule is O=C(c1cc(-c2ccccc2F)n[nH]1)N(Cc1ccc2[nH]ccc2c1)C1CC1. The summed E-state index contributed by atoms with van der Waals surface area (Å²) in [5.41, 5.74) is 3.37. The zero-order chi connectivity index (χ0) is 19.1. The van der Waals surface area contributed by atoms with Gasteiger partial charge in [-0.05, 0) is 60.2 Å². The first-order chi connectivity index (χ1) is 13.7.